The minimum absolute atomic E-state index is 0.324. The second kappa shape index (κ2) is 7.89. The molecule has 8 heteroatoms. The van der Waals surface area contributed by atoms with Crippen LogP contribution in [0.5, 0.6) is 0 Å². The molecule has 4 rings (SSSR count). The summed E-state index contributed by atoms with van der Waals surface area (Å²) in [6.45, 7) is 3.47. The number of thiazole rings is 1. The average Bonchev–Trinajstić information content (AvgIpc) is 3.36. The first-order valence-electron chi connectivity index (χ1n) is 8.81. The summed E-state index contributed by atoms with van der Waals surface area (Å²) in [6, 6.07) is 5.35. The first kappa shape index (κ1) is 17.7. The molecule has 7 nitrogen and oxygen atoms in total. The molecule has 1 aliphatic rings. The SMILES string of the molecule is Cc1ccc(-c2ncco2)cc1NC(=O)Nc1nc(C2CCOCC2)cs1. The fraction of sp³-hybridized carbons (Fsp3) is 0.316. The van der Waals surface area contributed by atoms with Gasteiger partial charge in [-0.25, -0.2) is 14.8 Å². The Balaban J connectivity index is 1.42. The topological polar surface area (TPSA) is 89.3 Å². The van der Waals surface area contributed by atoms with Crippen molar-refractivity contribution in [1.29, 1.82) is 0 Å². The smallest absolute Gasteiger partial charge is 0.325 e. The van der Waals surface area contributed by atoms with Crippen molar-refractivity contribution < 1.29 is 13.9 Å². The minimum Gasteiger partial charge on any atom is -0.445 e. The van der Waals surface area contributed by atoms with Crippen LogP contribution >= 0.6 is 11.3 Å². The second-order valence-corrected chi connectivity index (χ2v) is 7.27. The number of carbonyl (C=O) groups is 1. The Labute approximate surface area is 160 Å². The number of hydrogen-bond donors (Lipinski definition) is 2. The van der Waals surface area contributed by atoms with Crippen LogP contribution in [-0.2, 0) is 4.74 Å². The molecule has 3 heterocycles. The number of ether oxygens (including phenoxy) is 1. The summed E-state index contributed by atoms with van der Waals surface area (Å²) in [4.78, 5) is 21.1. The summed E-state index contributed by atoms with van der Waals surface area (Å²) in [5.74, 6) is 0.924. The molecule has 3 aromatic rings. The molecule has 0 saturated carbocycles. The molecular weight excluding hydrogens is 364 g/mol. The maximum Gasteiger partial charge on any atom is 0.325 e. The van der Waals surface area contributed by atoms with Crippen LogP contribution in [0.25, 0.3) is 11.5 Å². The van der Waals surface area contributed by atoms with Crippen LogP contribution in [0.1, 0.15) is 30.0 Å². The molecule has 0 unspecified atom stereocenters. The van der Waals surface area contributed by atoms with Crippen LogP contribution in [-0.4, -0.2) is 29.2 Å². The highest BCUT2D eigenvalue weighted by Crippen LogP contribution is 2.30. The van der Waals surface area contributed by atoms with Gasteiger partial charge in [0.15, 0.2) is 5.13 Å². The summed E-state index contributed by atoms with van der Waals surface area (Å²) < 4.78 is 10.7. The molecule has 2 aromatic heterocycles. The minimum atomic E-state index is -0.324. The average molecular weight is 384 g/mol. The Kier molecular flexibility index (Phi) is 5.17. The van der Waals surface area contributed by atoms with E-state index in [1.54, 1.807) is 6.20 Å². The van der Waals surface area contributed by atoms with Gasteiger partial charge in [0.05, 0.1) is 11.9 Å². The fourth-order valence-corrected chi connectivity index (χ4v) is 3.82. The maximum absolute atomic E-state index is 12.4. The molecule has 0 atom stereocenters. The van der Waals surface area contributed by atoms with Crippen molar-refractivity contribution in [2.75, 3.05) is 23.8 Å². The predicted octanol–water partition coefficient (Wildman–Crippen LogP) is 4.64. The number of aryl methyl sites for hydroxylation is 1. The molecule has 27 heavy (non-hydrogen) atoms. The van der Waals surface area contributed by atoms with Crippen molar-refractivity contribution in [3.05, 3.63) is 47.3 Å². The molecular formula is C19H20N4O3S. The molecule has 0 bridgehead atoms. The Bertz CT molecular complexity index is 917. The molecule has 1 aliphatic heterocycles. The number of amides is 2. The van der Waals surface area contributed by atoms with E-state index in [1.165, 1.54) is 17.6 Å². The van der Waals surface area contributed by atoms with Crippen LogP contribution in [0.2, 0.25) is 0 Å². The monoisotopic (exact) mass is 384 g/mol. The normalized spacial score (nSPS) is 14.9. The van der Waals surface area contributed by atoms with E-state index >= 15 is 0 Å². The third kappa shape index (κ3) is 4.17. The van der Waals surface area contributed by atoms with Gasteiger partial charge in [-0.05, 0) is 37.5 Å². The third-order valence-corrected chi connectivity index (χ3v) is 5.32. The molecule has 0 radical (unpaired) electrons. The summed E-state index contributed by atoms with van der Waals surface area (Å²) in [6.07, 6.45) is 5.06. The Morgan fingerprint density at radius 1 is 1.26 bits per heavy atom. The molecule has 1 aromatic carbocycles. The summed E-state index contributed by atoms with van der Waals surface area (Å²) >= 11 is 1.44. The molecule has 1 fully saturated rings. The van der Waals surface area contributed by atoms with Crippen molar-refractivity contribution in [2.24, 2.45) is 0 Å². The van der Waals surface area contributed by atoms with Crippen molar-refractivity contribution in [3.8, 4) is 11.5 Å². The lowest BCUT2D eigenvalue weighted by Gasteiger charge is -2.19. The molecule has 140 valence electrons. The van der Waals surface area contributed by atoms with Crippen LogP contribution in [0.4, 0.5) is 15.6 Å². The second-order valence-electron chi connectivity index (χ2n) is 6.41. The number of urea groups is 1. The standard InChI is InChI=1S/C19H20N4O3S/c1-12-2-3-14(17-20-6-9-26-17)10-15(12)21-18(24)23-19-22-16(11-27-19)13-4-7-25-8-5-13/h2-3,6,9-11,13H,4-5,7-8H2,1H3,(H2,21,22,23,24). The predicted molar refractivity (Wildman–Crippen MR) is 104 cm³/mol. The van der Waals surface area contributed by atoms with E-state index in [4.69, 9.17) is 9.15 Å². The highest BCUT2D eigenvalue weighted by atomic mass is 32.1. The molecule has 0 aliphatic carbocycles. The lowest BCUT2D eigenvalue weighted by atomic mass is 9.98. The van der Waals surface area contributed by atoms with Gasteiger partial charge in [0.2, 0.25) is 5.89 Å². The number of aromatic nitrogens is 2. The van der Waals surface area contributed by atoms with E-state index in [1.807, 2.05) is 30.5 Å². The van der Waals surface area contributed by atoms with Gasteiger partial charge in [-0.1, -0.05) is 6.07 Å². The van der Waals surface area contributed by atoms with E-state index < -0.39 is 0 Å². The molecule has 1 saturated heterocycles. The number of hydrogen-bond acceptors (Lipinski definition) is 6. The maximum atomic E-state index is 12.4. The molecule has 2 N–H and O–H groups in total. The van der Waals surface area contributed by atoms with Gasteiger partial charge < -0.3 is 14.5 Å². The van der Waals surface area contributed by atoms with Gasteiger partial charge in [0, 0.05) is 35.8 Å². The van der Waals surface area contributed by atoms with E-state index in [9.17, 15) is 4.79 Å². The van der Waals surface area contributed by atoms with Gasteiger partial charge >= 0.3 is 6.03 Å². The van der Waals surface area contributed by atoms with Gasteiger partial charge in [-0.2, -0.15) is 0 Å². The van der Waals surface area contributed by atoms with Crippen LogP contribution in [0.3, 0.4) is 0 Å². The van der Waals surface area contributed by atoms with Gasteiger partial charge in [-0.15, -0.1) is 11.3 Å². The van der Waals surface area contributed by atoms with Crippen molar-refractivity contribution in [3.63, 3.8) is 0 Å². The van der Waals surface area contributed by atoms with Crippen molar-refractivity contribution in [1.82, 2.24) is 9.97 Å². The number of anilines is 2. The van der Waals surface area contributed by atoms with Crippen molar-refractivity contribution in [2.45, 2.75) is 25.7 Å². The van der Waals surface area contributed by atoms with Crippen LogP contribution in [0.15, 0.2) is 40.5 Å². The number of nitrogens with one attached hydrogen (secondary N) is 2. The number of carbonyl (C=O) groups excluding carboxylic acids is 1. The van der Waals surface area contributed by atoms with E-state index in [-0.39, 0.29) is 6.03 Å². The van der Waals surface area contributed by atoms with Crippen LogP contribution < -0.4 is 10.6 Å². The Morgan fingerprint density at radius 2 is 2.11 bits per heavy atom. The number of nitrogens with zero attached hydrogens (tertiary/aromatic N) is 2. The summed E-state index contributed by atoms with van der Waals surface area (Å²) in [7, 11) is 0. The zero-order chi connectivity index (χ0) is 18.6. The van der Waals surface area contributed by atoms with Gasteiger partial charge in [0.1, 0.15) is 6.26 Å². The zero-order valence-electron chi connectivity index (χ0n) is 14.9. The van der Waals surface area contributed by atoms with Crippen LogP contribution in [0, 0.1) is 6.92 Å². The Hall–Kier alpha value is -2.71. The van der Waals surface area contributed by atoms with E-state index in [0.29, 0.717) is 22.6 Å². The number of rotatable bonds is 4. The lowest BCUT2D eigenvalue weighted by Crippen LogP contribution is -2.20. The van der Waals surface area contributed by atoms with Crippen molar-refractivity contribution >= 4 is 28.2 Å². The highest BCUT2D eigenvalue weighted by molar-refractivity contribution is 7.14. The Morgan fingerprint density at radius 3 is 2.89 bits per heavy atom. The van der Waals surface area contributed by atoms with Gasteiger partial charge in [-0.3, -0.25) is 5.32 Å². The van der Waals surface area contributed by atoms with E-state index in [0.717, 1.165) is 42.9 Å². The van der Waals surface area contributed by atoms with Gasteiger partial charge in [0.25, 0.3) is 0 Å². The fourth-order valence-electron chi connectivity index (χ4n) is 3.03. The van der Waals surface area contributed by atoms with E-state index in [2.05, 4.69) is 20.6 Å². The summed E-state index contributed by atoms with van der Waals surface area (Å²) in [5.41, 5.74) is 3.48. The first-order chi connectivity index (χ1) is 13.2. The highest BCUT2D eigenvalue weighted by Gasteiger charge is 2.19. The lowest BCUT2D eigenvalue weighted by molar-refractivity contribution is 0.0846. The number of oxazole rings is 1. The summed E-state index contributed by atoms with van der Waals surface area (Å²) in [5, 5.41) is 8.30. The first-order valence-corrected chi connectivity index (χ1v) is 9.69. The largest absolute Gasteiger partial charge is 0.445 e. The quantitative estimate of drug-likeness (QED) is 0.684. The molecule has 2 amide bonds. The number of benzene rings is 1. The zero-order valence-corrected chi connectivity index (χ0v) is 15.7. The third-order valence-electron chi connectivity index (χ3n) is 4.55. The molecule has 0 spiro atoms.